The lowest BCUT2D eigenvalue weighted by Crippen LogP contribution is -2.27. The second-order valence-electron chi connectivity index (χ2n) is 4.13. The SMILES string of the molecule is Cc1cc(Cl)c(C2CCCCN2)cc1F. The molecule has 1 unspecified atom stereocenters. The zero-order valence-corrected chi connectivity index (χ0v) is 9.57. The molecule has 2 rings (SSSR count). The zero-order chi connectivity index (χ0) is 10.8. The van der Waals surface area contributed by atoms with E-state index < -0.39 is 0 Å². The van der Waals surface area contributed by atoms with Gasteiger partial charge in [-0.3, -0.25) is 0 Å². The normalized spacial score (nSPS) is 21.7. The summed E-state index contributed by atoms with van der Waals surface area (Å²) in [4.78, 5) is 0. The minimum atomic E-state index is -0.165. The van der Waals surface area contributed by atoms with Crippen LogP contribution in [0.2, 0.25) is 5.02 Å². The summed E-state index contributed by atoms with van der Waals surface area (Å²) >= 11 is 6.13. The van der Waals surface area contributed by atoms with E-state index in [1.807, 2.05) is 0 Å². The maximum atomic E-state index is 13.4. The fourth-order valence-corrected chi connectivity index (χ4v) is 2.40. The molecule has 1 N–H and O–H groups in total. The molecule has 0 spiro atoms. The Balaban J connectivity index is 2.30. The van der Waals surface area contributed by atoms with Crippen LogP contribution in [0.15, 0.2) is 12.1 Å². The Morgan fingerprint density at radius 3 is 2.87 bits per heavy atom. The number of halogens is 2. The first kappa shape index (κ1) is 10.9. The maximum Gasteiger partial charge on any atom is 0.126 e. The van der Waals surface area contributed by atoms with Crippen LogP contribution in [0.1, 0.15) is 36.4 Å². The highest BCUT2D eigenvalue weighted by atomic mass is 35.5. The molecule has 0 radical (unpaired) electrons. The van der Waals surface area contributed by atoms with Crippen molar-refractivity contribution >= 4 is 11.6 Å². The van der Waals surface area contributed by atoms with Gasteiger partial charge in [0.25, 0.3) is 0 Å². The predicted octanol–water partition coefficient (Wildman–Crippen LogP) is 3.60. The Bertz CT molecular complexity index is 359. The van der Waals surface area contributed by atoms with Gasteiger partial charge in [-0.25, -0.2) is 4.39 Å². The van der Waals surface area contributed by atoms with Crippen LogP contribution in [0.5, 0.6) is 0 Å². The first-order valence-corrected chi connectivity index (χ1v) is 5.75. The fraction of sp³-hybridized carbons (Fsp3) is 0.500. The molecule has 1 saturated heterocycles. The number of hydrogen-bond acceptors (Lipinski definition) is 1. The lowest BCUT2D eigenvalue weighted by atomic mass is 9.96. The van der Waals surface area contributed by atoms with Gasteiger partial charge in [0.05, 0.1) is 0 Å². The van der Waals surface area contributed by atoms with Gasteiger partial charge in [-0.15, -0.1) is 0 Å². The molecule has 3 heteroatoms. The summed E-state index contributed by atoms with van der Waals surface area (Å²) in [5.74, 6) is -0.165. The van der Waals surface area contributed by atoms with Crippen molar-refractivity contribution in [3.63, 3.8) is 0 Å². The van der Waals surface area contributed by atoms with Gasteiger partial charge in [0, 0.05) is 11.1 Å². The topological polar surface area (TPSA) is 12.0 Å². The van der Waals surface area contributed by atoms with Gasteiger partial charge >= 0.3 is 0 Å². The molecule has 82 valence electrons. The van der Waals surface area contributed by atoms with Gasteiger partial charge in [-0.1, -0.05) is 18.0 Å². The van der Waals surface area contributed by atoms with E-state index in [1.54, 1.807) is 19.1 Å². The largest absolute Gasteiger partial charge is 0.310 e. The van der Waals surface area contributed by atoms with Crippen molar-refractivity contribution in [1.82, 2.24) is 5.32 Å². The Hall–Kier alpha value is -0.600. The average molecular weight is 228 g/mol. The molecule has 0 amide bonds. The number of benzene rings is 1. The van der Waals surface area contributed by atoms with Crippen molar-refractivity contribution in [2.45, 2.75) is 32.2 Å². The number of aryl methyl sites for hydroxylation is 1. The number of piperidine rings is 1. The quantitative estimate of drug-likeness (QED) is 0.773. The van der Waals surface area contributed by atoms with Crippen molar-refractivity contribution in [3.05, 3.63) is 34.1 Å². The molecule has 1 aliphatic heterocycles. The summed E-state index contributed by atoms with van der Waals surface area (Å²) in [7, 11) is 0. The minimum Gasteiger partial charge on any atom is -0.310 e. The third kappa shape index (κ3) is 2.32. The Labute approximate surface area is 94.6 Å². The summed E-state index contributed by atoms with van der Waals surface area (Å²) in [6.07, 6.45) is 3.42. The lowest BCUT2D eigenvalue weighted by Gasteiger charge is -2.25. The first-order chi connectivity index (χ1) is 7.18. The zero-order valence-electron chi connectivity index (χ0n) is 8.82. The molecule has 1 aliphatic rings. The van der Waals surface area contributed by atoms with Crippen molar-refractivity contribution in [2.24, 2.45) is 0 Å². The fourth-order valence-electron chi connectivity index (χ4n) is 2.05. The molecular weight excluding hydrogens is 213 g/mol. The highest BCUT2D eigenvalue weighted by Crippen LogP contribution is 2.30. The molecule has 1 aromatic rings. The van der Waals surface area contributed by atoms with E-state index in [0.29, 0.717) is 10.6 Å². The third-order valence-electron chi connectivity index (χ3n) is 2.96. The van der Waals surface area contributed by atoms with Crippen molar-refractivity contribution in [2.75, 3.05) is 6.54 Å². The van der Waals surface area contributed by atoms with Gasteiger partial charge in [0.1, 0.15) is 5.82 Å². The number of nitrogens with one attached hydrogen (secondary N) is 1. The van der Waals surface area contributed by atoms with Crippen LogP contribution in [0.3, 0.4) is 0 Å². The minimum absolute atomic E-state index is 0.165. The van der Waals surface area contributed by atoms with Gasteiger partial charge in [-0.05, 0) is 49.6 Å². The van der Waals surface area contributed by atoms with E-state index in [9.17, 15) is 4.39 Å². The maximum absolute atomic E-state index is 13.4. The second-order valence-corrected chi connectivity index (χ2v) is 4.53. The predicted molar refractivity (Wildman–Crippen MR) is 60.7 cm³/mol. The first-order valence-electron chi connectivity index (χ1n) is 5.37. The van der Waals surface area contributed by atoms with Crippen LogP contribution < -0.4 is 5.32 Å². The summed E-state index contributed by atoms with van der Waals surface area (Å²) in [6.45, 7) is 2.73. The number of rotatable bonds is 1. The summed E-state index contributed by atoms with van der Waals surface area (Å²) in [5, 5.41) is 4.05. The Kier molecular flexibility index (Phi) is 3.27. The summed E-state index contributed by atoms with van der Waals surface area (Å²) in [6, 6.07) is 3.50. The van der Waals surface area contributed by atoms with E-state index in [-0.39, 0.29) is 11.9 Å². The second kappa shape index (κ2) is 4.50. The molecule has 15 heavy (non-hydrogen) atoms. The molecule has 0 bridgehead atoms. The van der Waals surface area contributed by atoms with Crippen molar-refractivity contribution in [1.29, 1.82) is 0 Å². The molecule has 1 fully saturated rings. The van der Waals surface area contributed by atoms with Crippen molar-refractivity contribution in [3.8, 4) is 0 Å². The monoisotopic (exact) mass is 227 g/mol. The van der Waals surface area contributed by atoms with E-state index in [2.05, 4.69) is 5.32 Å². The average Bonchev–Trinajstić information content (AvgIpc) is 2.25. The molecular formula is C12H15ClFN. The Morgan fingerprint density at radius 1 is 1.40 bits per heavy atom. The van der Waals surface area contributed by atoms with E-state index in [4.69, 9.17) is 11.6 Å². The third-order valence-corrected chi connectivity index (χ3v) is 3.29. The lowest BCUT2D eigenvalue weighted by molar-refractivity contribution is 0.411. The van der Waals surface area contributed by atoms with Crippen LogP contribution in [-0.4, -0.2) is 6.54 Å². The molecule has 0 aromatic heterocycles. The van der Waals surface area contributed by atoms with E-state index in [1.165, 1.54) is 12.8 Å². The molecule has 0 aliphatic carbocycles. The molecule has 0 saturated carbocycles. The molecule has 1 nitrogen and oxygen atoms in total. The smallest absolute Gasteiger partial charge is 0.126 e. The van der Waals surface area contributed by atoms with E-state index >= 15 is 0 Å². The van der Waals surface area contributed by atoms with Gasteiger partial charge in [-0.2, -0.15) is 0 Å². The van der Waals surface area contributed by atoms with Crippen LogP contribution in [0.25, 0.3) is 0 Å². The number of hydrogen-bond donors (Lipinski definition) is 1. The van der Waals surface area contributed by atoms with Crippen molar-refractivity contribution < 1.29 is 4.39 Å². The molecule has 1 heterocycles. The Morgan fingerprint density at radius 2 is 2.20 bits per heavy atom. The summed E-state index contributed by atoms with van der Waals surface area (Å²) in [5.41, 5.74) is 1.51. The molecule has 1 aromatic carbocycles. The molecule has 1 atom stereocenters. The van der Waals surface area contributed by atoms with Crippen LogP contribution >= 0.6 is 11.6 Å². The van der Waals surface area contributed by atoms with Crippen LogP contribution in [0, 0.1) is 12.7 Å². The highest BCUT2D eigenvalue weighted by molar-refractivity contribution is 6.31. The highest BCUT2D eigenvalue weighted by Gasteiger charge is 2.18. The van der Waals surface area contributed by atoms with Crippen LogP contribution in [0.4, 0.5) is 4.39 Å². The van der Waals surface area contributed by atoms with Gasteiger partial charge < -0.3 is 5.32 Å². The van der Waals surface area contributed by atoms with Crippen LogP contribution in [-0.2, 0) is 0 Å². The standard InChI is InChI=1S/C12H15ClFN/c1-8-6-10(13)9(7-11(8)14)12-4-2-3-5-15-12/h6-7,12,15H,2-5H2,1H3. The van der Waals surface area contributed by atoms with Gasteiger partial charge in [0.2, 0.25) is 0 Å². The summed E-state index contributed by atoms with van der Waals surface area (Å²) < 4.78 is 13.4. The van der Waals surface area contributed by atoms with E-state index in [0.717, 1.165) is 18.5 Å². The van der Waals surface area contributed by atoms with Gasteiger partial charge in [0.15, 0.2) is 0 Å².